The number of aliphatic carboxylic acids is 1. The lowest BCUT2D eigenvalue weighted by Crippen LogP contribution is -2.32. The quantitative estimate of drug-likeness (QED) is 0.932. The zero-order valence-electron chi connectivity index (χ0n) is 13.1. The summed E-state index contributed by atoms with van der Waals surface area (Å²) in [4.78, 5) is 25.2. The monoisotopic (exact) mass is 327 g/mol. The Kier molecular flexibility index (Phi) is 3.33. The van der Waals surface area contributed by atoms with Crippen molar-refractivity contribution >= 4 is 11.9 Å². The van der Waals surface area contributed by atoms with E-state index in [1.165, 1.54) is 0 Å². The van der Waals surface area contributed by atoms with Crippen molar-refractivity contribution in [3.05, 3.63) is 42.2 Å². The highest BCUT2D eigenvalue weighted by atomic mass is 16.5. The number of hydrogen-bond acceptors (Lipinski definition) is 4. The average Bonchev–Trinajstić information content (AvgIpc) is 2.97. The molecule has 1 amide bonds. The normalized spacial score (nSPS) is 24.5. The van der Waals surface area contributed by atoms with E-state index in [2.05, 4.69) is 0 Å². The predicted octanol–water partition coefficient (Wildman–Crippen LogP) is 2.36. The van der Waals surface area contributed by atoms with E-state index in [-0.39, 0.29) is 29.4 Å². The molecule has 2 aliphatic rings. The van der Waals surface area contributed by atoms with Gasteiger partial charge in [0.15, 0.2) is 5.76 Å². The number of carboxylic acid groups (broad SMARTS) is 1. The summed E-state index contributed by atoms with van der Waals surface area (Å²) in [6, 6.07) is 10.8. The van der Waals surface area contributed by atoms with Crippen LogP contribution in [0.2, 0.25) is 0 Å². The van der Waals surface area contributed by atoms with Gasteiger partial charge in [0.25, 0.3) is 5.91 Å². The first-order valence-corrected chi connectivity index (χ1v) is 7.85. The molecule has 4 rings (SSSR count). The molecule has 1 unspecified atom stereocenters. The van der Waals surface area contributed by atoms with Crippen LogP contribution in [0.15, 0.2) is 40.8 Å². The fourth-order valence-corrected chi connectivity index (χ4v) is 3.58. The molecular formula is C18H17NO5. The molecule has 124 valence electrons. The lowest BCUT2D eigenvalue weighted by Gasteiger charge is -2.17. The molecule has 3 atom stereocenters. The molecule has 2 heterocycles. The number of carbonyl (C=O) groups excluding carboxylic acids is 1. The van der Waals surface area contributed by atoms with Crippen molar-refractivity contribution in [2.24, 2.45) is 17.8 Å². The summed E-state index contributed by atoms with van der Waals surface area (Å²) in [6.45, 7) is 0.998. The van der Waals surface area contributed by atoms with Crippen LogP contribution in [-0.4, -0.2) is 42.1 Å². The summed E-state index contributed by atoms with van der Waals surface area (Å²) < 4.78 is 10.8. The molecule has 0 spiro atoms. The molecule has 6 heteroatoms. The SMILES string of the molecule is COc1ccc(-c2ccc(C(=O)N3C[C@@H]4C(C(=O)O)[C@@H]4C3)o2)cc1. The van der Waals surface area contributed by atoms with Gasteiger partial charge in [0.05, 0.1) is 13.0 Å². The third kappa shape index (κ3) is 2.35. The van der Waals surface area contributed by atoms with Crippen LogP contribution in [0.25, 0.3) is 11.3 Å². The Hall–Kier alpha value is -2.76. The van der Waals surface area contributed by atoms with Crippen molar-refractivity contribution in [3.63, 3.8) is 0 Å². The number of nitrogens with zero attached hydrogens (tertiary/aromatic N) is 1. The number of hydrogen-bond donors (Lipinski definition) is 1. The molecule has 1 saturated carbocycles. The van der Waals surface area contributed by atoms with Gasteiger partial charge >= 0.3 is 5.97 Å². The summed E-state index contributed by atoms with van der Waals surface area (Å²) >= 11 is 0. The summed E-state index contributed by atoms with van der Waals surface area (Å²) in [5.74, 6) is 0.655. The van der Waals surface area contributed by atoms with Gasteiger partial charge in [-0.05, 0) is 48.2 Å². The zero-order chi connectivity index (χ0) is 16.8. The molecule has 1 aromatic heterocycles. The van der Waals surface area contributed by atoms with Gasteiger partial charge in [0.1, 0.15) is 11.5 Å². The minimum absolute atomic E-state index is 0.0995. The Morgan fingerprint density at radius 2 is 1.79 bits per heavy atom. The Morgan fingerprint density at radius 1 is 1.12 bits per heavy atom. The van der Waals surface area contributed by atoms with Gasteiger partial charge in [-0.3, -0.25) is 9.59 Å². The molecule has 1 saturated heterocycles. The van der Waals surface area contributed by atoms with Crippen LogP contribution in [0.1, 0.15) is 10.6 Å². The smallest absolute Gasteiger partial charge is 0.307 e. The summed E-state index contributed by atoms with van der Waals surface area (Å²) in [5.41, 5.74) is 0.866. The first-order valence-electron chi connectivity index (χ1n) is 7.85. The number of furan rings is 1. The van der Waals surface area contributed by atoms with Crippen molar-refractivity contribution in [2.45, 2.75) is 0 Å². The highest BCUT2D eigenvalue weighted by Gasteiger charge is 2.60. The van der Waals surface area contributed by atoms with Crippen molar-refractivity contribution < 1.29 is 23.8 Å². The van der Waals surface area contributed by atoms with Crippen LogP contribution < -0.4 is 4.74 Å². The first-order chi connectivity index (χ1) is 11.6. The second kappa shape index (κ2) is 5.40. The van der Waals surface area contributed by atoms with E-state index in [0.29, 0.717) is 18.8 Å². The molecule has 2 fully saturated rings. The lowest BCUT2D eigenvalue weighted by atomic mass is 10.2. The van der Waals surface area contributed by atoms with Crippen molar-refractivity contribution in [1.82, 2.24) is 4.90 Å². The molecule has 24 heavy (non-hydrogen) atoms. The van der Waals surface area contributed by atoms with Crippen molar-refractivity contribution in [1.29, 1.82) is 0 Å². The third-order valence-corrected chi connectivity index (χ3v) is 4.96. The number of fused-ring (bicyclic) bond motifs is 1. The van der Waals surface area contributed by atoms with Crippen LogP contribution in [0.5, 0.6) is 5.75 Å². The largest absolute Gasteiger partial charge is 0.497 e. The number of benzene rings is 1. The number of ether oxygens (including phenoxy) is 1. The van der Waals surface area contributed by atoms with E-state index in [0.717, 1.165) is 11.3 Å². The Balaban J connectivity index is 1.45. The van der Waals surface area contributed by atoms with Crippen LogP contribution in [0, 0.1) is 17.8 Å². The van der Waals surface area contributed by atoms with Crippen LogP contribution in [-0.2, 0) is 4.79 Å². The van der Waals surface area contributed by atoms with Gasteiger partial charge in [-0.2, -0.15) is 0 Å². The maximum atomic E-state index is 12.5. The molecule has 1 aromatic carbocycles. The summed E-state index contributed by atoms with van der Waals surface area (Å²) in [5, 5.41) is 9.04. The minimum Gasteiger partial charge on any atom is -0.497 e. The van der Waals surface area contributed by atoms with E-state index in [4.69, 9.17) is 14.3 Å². The number of amides is 1. The number of methoxy groups -OCH3 is 1. The Bertz CT molecular complexity index is 782. The highest BCUT2D eigenvalue weighted by Crippen LogP contribution is 2.52. The van der Waals surface area contributed by atoms with E-state index in [1.807, 2.05) is 24.3 Å². The van der Waals surface area contributed by atoms with Gasteiger partial charge in [0.2, 0.25) is 0 Å². The van der Waals surface area contributed by atoms with Crippen LogP contribution in [0.3, 0.4) is 0 Å². The second-order valence-electron chi connectivity index (χ2n) is 6.29. The maximum absolute atomic E-state index is 12.5. The molecule has 0 radical (unpaired) electrons. The van der Waals surface area contributed by atoms with E-state index in [9.17, 15) is 9.59 Å². The molecular weight excluding hydrogens is 310 g/mol. The number of carbonyl (C=O) groups is 2. The zero-order valence-corrected chi connectivity index (χ0v) is 13.1. The Labute approximate surface area is 138 Å². The van der Waals surface area contributed by atoms with Gasteiger partial charge in [-0.1, -0.05) is 0 Å². The lowest BCUT2D eigenvalue weighted by molar-refractivity contribution is -0.139. The van der Waals surface area contributed by atoms with E-state index < -0.39 is 5.97 Å². The van der Waals surface area contributed by atoms with E-state index in [1.54, 1.807) is 24.1 Å². The highest BCUT2D eigenvalue weighted by molar-refractivity contribution is 5.92. The molecule has 0 bridgehead atoms. The fraction of sp³-hybridized carbons (Fsp3) is 0.333. The molecule has 2 aromatic rings. The number of piperidine rings is 1. The maximum Gasteiger partial charge on any atom is 0.307 e. The number of likely N-dealkylation sites (tertiary alicyclic amines) is 1. The van der Waals surface area contributed by atoms with Crippen molar-refractivity contribution in [3.8, 4) is 17.1 Å². The van der Waals surface area contributed by atoms with Crippen LogP contribution in [0.4, 0.5) is 0 Å². The fourth-order valence-electron chi connectivity index (χ4n) is 3.58. The molecule has 1 N–H and O–H groups in total. The standard InChI is InChI=1S/C18H17NO5/c1-23-11-4-2-10(3-5-11)14-6-7-15(24-14)17(20)19-8-12-13(9-19)16(12)18(21)22/h2-7,12-13,16H,8-9H2,1H3,(H,21,22)/t12-,13+,16?. The molecule has 1 aliphatic carbocycles. The summed E-state index contributed by atoms with van der Waals surface area (Å²) in [7, 11) is 1.61. The molecule has 1 aliphatic heterocycles. The first kappa shape index (κ1) is 14.8. The van der Waals surface area contributed by atoms with E-state index >= 15 is 0 Å². The van der Waals surface area contributed by atoms with Gasteiger partial charge in [-0.25, -0.2) is 0 Å². The van der Waals surface area contributed by atoms with Gasteiger partial charge in [0, 0.05) is 18.7 Å². The summed E-state index contributed by atoms with van der Waals surface area (Å²) in [6.07, 6.45) is 0. The molecule has 6 nitrogen and oxygen atoms in total. The third-order valence-electron chi connectivity index (χ3n) is 4.96. The Morgan fingerprint density at radius 3 is 2.38 bits per heavy atom. The topological polar surface area (TPSA) is 80.0 Å². The second-order valence-corrected chi connectivity index (χ2v) is 6.29. The van der Waals surface area contributed by atoms with Gasteiger partial charge in [-0.15, -0.1) is 0 Å². The van der Waals surface area contributed by atoms with Crippen LogP contribution >= 0.6 is 0 Å². The minimum atomic E-state index is -0.753. The predicted molar refractivity (Wildman–Crippen MR) is 84.7 cm³/mol. The average molecular weight is 327 g/mol. The number of carboxylic acids is 1. The number of rotatable bonds is 4. The van der Waals surface area contributed by atoms with Gasteiger partial charge < -0.3 is 19.2 Å². The van der Waals surface area contributed by atoms with Crippen molar-refractivity contribution in [2.75, 3.05) is 20.2 Å².